The fraction of sp³-hybridized carbons (Fsp3) is 0.200. The highest BCUT2D eigenvalue weighted by Gasteiger charge is 2.06. The molecule has 3 aromatic rings. The van der Waals surface area contributed by atoms with Crippen LogP contribution in [0.5, 0.6) is 0 Å². The molecule has 0 bridgehead atoms. The van der Waals surface area contributed by atoms with E-state index in [-0.39, 0.29) is 0 Å². The molecule has 0 radical (unpaired) electrons. The predicted octanol–water partition coefficient (Wildman–Crippen LogP) is 3.60. The number of anilines is 1. The zero-order valence-electron chi connectivity index (χ0n) is 10.5. The second kappa shape index (κ2) is 4.26. The summed E-state index contributed by atoms with van der Waals surface area (Å²) in [6.45, 7) is 4.24. The number of hydrogen-bond acceptors (Lipinski definition) is 3. The van der Waals surface area contributed by atoms with Gasteiger partial charge in [-0.1, -0.05) is 18.2 Å². The summed E-state index contributed by atoms with van der Waals surface area (Å²) in [5, 5.41) is 3.41. The number of benzene rings is 2. The average Bonchev–Trinajstić information content (AvgIpc) is 2.36. The molecule has 3 heteroatoms. The maximum Gasteiger partial charge on any atom is 0.113 e. The van der Waals surface area contributed by atoms with E-state index in [1.54, 1.807) is 0 Å². The highest BCUT2D eigenvalue weighted by molar-refractivity contribution is 5.93. The van der Waals surface area contributed by atoms with Gasteiger partial charge in [-0.2, -0.15) is 0 Å². The quantitative estimate of drug-likeness (QED) is 0.692. The van der Waals surface area contributed by atoms with Crippen molar-refractivity contribution in [3.05, 3.63) is 42.5 Å². The molecule has 3 rings (SSSR count). The van der Waals surface area contributed by atoms with Crippen LogP contribution in [0.4, 0.5) is 5.69 Å². The number of rotatable bonds is 2. The van der Waals surface area contributed by atoms with E-state index >= 15 is 0 Å². The summed E-state index contributed by atoms with van der Waals surface area (Å²) in [5.74, 6) is 0. The molecule has 0 amide bonds. The SMILES string of the molecule is CC(C)Nc1cccc2nc3ccccc3nc12. The monoisotopic (exact) mass is 237 g/mol. The van der Waals surface area contributed by atoms with E-state index in [2.05, 4.69) is 24.1 Å². The van der Waals surface area contributed by atoms with Crippen molar-refractivity contribution < 1.29 is 0 Å². The van der Waals surface area contributed by atoms with Crippen LogP contribution < -0.4 is 5.32 Å². The number of aromatic nitrogens is 2. The zero-order chi connectivity index (χ0) is 12.5. The van der Waals surface area contributed by atoms with Gasteiger partial charge in [-0.3, -0.25) is 0 Å². The lowest BCUT2D eigenvalue weighted by Crippen LogP contribution is -2.10. The predicted molar refractivity (Wildman–Crippen MR) is 75.8 cm³/mol. The van der Waals surface area contributed by atoms with Gasteiger partial charge in [-0.15, -0.1) is 0 Å². The summed E-state index contributed by atoms with van der Waals surface area (Å²) in [6.07, 6.45) is 0. The molecular weight excluding hydrogens is 222 g/mol. The van der Waals surface area contributed by atoms with E-state index in [0.717, 1.165) is 27.8 Å². The third-order valence-electron chi connectivity index (χ3n) is 2.81. The largest absolute Gasteiger partial charge is 0.381 e. The molecule has 1 N–H and O–H groups in total. The molecular formula is C15H15N3. The van der Waals surface area contributed by atoms with Crippen LogP contribution in [0.3, 0.4) is 0 Å². The van der Waals surface area contributed by atoms with Crippen LogP contribution in [0.1, 0.15) is 13.8 Å². The Morgan fingerprint density at radius 2 is 1.50 bits per heavy atom. The average molecular weight is 237 g/mol. The zero-order valence-corrected chi connectivity index (χ0v) is 10.5. The molecule has 0 atom stereocenters. The summed E-state index contributed by atoms with van der Waals surface area (Å²) >= 11 is 0. The van der Waals surface area contributed by atoms with Crippen LogP contribution in [-0.2, 0) is 0 Å². The minimum absolute atomic E-state index is 0.379. The Balaban J connectivity index is 2.29. The molecule has 0 aliphatic rings. The van der Waals surface area contributed by atoms with Gasteiger partial charge >= 0.3 is 0 Å². The fourth-order valence-corrected chi connectivity index (χ4v) is 2.07. The molecule has 0 unspecified atom stereocenters. The van der Waals surface area contributed by atoms with Crippen LogP contribution in [0, 0.1) is 0 Å². The van der Waals surface area contributed by atoms with Gasteiger partial charge in [0.1, 0.15) is 5.52 Å². The maximum absolute atomic E-state index is 4.71. The number of para-hydroxylation sites is 3. The maximum atomic E-state index is 4.71. The molecule has 90 valence electrons. The van der Waals surface area contributed by atoms with Crippen molar-refractivity contribution in [1.29, 1.82) is 0 Å². The smallest absolute Gasteiger partial charge is 0.113 e. The molecule has 1 aromatic heterocycles. The van der Waals surface area contributed by atoms with Crippen LogP contribution in [-0.4, -0.2) is 16.0 Å². The van der Waals surface area contributed by atoms with Crippen LogP contribution in [0.25, 0.3) is 22.1 Å². The second-order valence-corrected chi connectivity index (χ2v) is 4.68. The summed E-state index contributed by atoms with van der Waals surface area (Å²) in [5.41, 5.74) is 4.78. The van der Waals surface area contributed by atoms with Crippen LogP contribution in [0.2, 0.25) is 0 Å². The molecule has 0 saturated carbocycles. The van der Waals surface area contributed by atoms with E-state index in [1.165, 1.54) is 0 Å². The van der Waals surface area contributed by atoms with E-state index in [0.29, 0.717) is 6.04 Å². The lowest BCUT2D eigenvalue weighted by Gasteiger charge is -2.12. The van der Waals surface area contributed by atoms with Gasteiger partial charge in [-0.05, 0) is 38.1 Å². The lowest BCUT2D eigenvalue weighted by atomic mass is 10.2. The molecule has 1 heterocycles. The van der Waals surface area contributed by atoms with Gasteiger partial charge in [0, 0.05) is 6.04 Å². The number of fused-ring (bicyclic) bond motifs is 2. The summed E-state index contributed by atoms with van der Waals surface area (Å²) in [4.78, 5) is 9.35. The first kappa shape index (κ1) is 11.0. The molecule has 18 heavy (non-hydrogen) atoms. The van der Waals surface area contributed by atoms with Crippen molar-refractivity contribution in [2.45, 2.75) is 19.9 Å². The summed E-state index contributed by atoms with van der Waals surface area (Å²) in [6, 6.07) is 14.4. The summed E-state index contributed by atoms with van der Waals surface area (Å²) < 4.78 is 0. The van der Waals surface area contributed by atoms with Crippen molar-refractivity contribution in [2.24, 2.45) is 0 Å². The van der Waals surface area contributed by atoms with E-state index in [9.17, 15) is 0 Å². The Kier molecular flexibility index (Phi) is 2.59. The topological polar surface area (TPSA) is 37.8 Å². The number of nitrogens with one attached hydrogen (secondary N) is 1. The Morgan fingerprint density at radius 1 is 0.833 bits per heavy atom. The minimum Gasteiger partial charge on any atom is -0.381 e. The summed E-state index contributed by atoms with van der Waals surface area (Å²) in [7, 11) is 0. The molecule has 0 saturated heterocycles. The highest BCUT2D eigenvalue weighted by atomic mass is 14.9. The van der Waals surface area contributed by atoms with Gasteiger partial charge < -0.3 is 5.32 Å². The third kappa shape index (κ3) is 1.88. The molecule has 0 aliphatic heterocycles. The minimum atomic E-state index is 0.379. The third-order valence-corrected chi connectivity index (χ3v) is 2.81. The van der Waals surface area contributed by atoms with Crippen molar-refractivity contribution in [1.82, 2.24) is 9.97 Å². The van der Waals surface area contributed by atoms with Gasteiger partial charge in [-0.25, -0.2) is 9.97 Å². The van der Waals surface area contributed by atoms with Crippen LogP contribution in [0.15, 0.2) is 42.5 Å². The lowest BCUT2D eigenvalue weighted by molar-refractivity contribution is 0.901. The molecule has 3 nitrogen and oxygen atoms in total. The molecule has 0 aliphatic carbocycles. The fourth-order valence-electron chi connectivity index (χ4n) is 2.07. The van der Waals surface area contributed by atoms with Gasteiger partial charge in [0.05, 0.1) is 22.2 Å². The van der Waals surface area contributed by atoms with E-state index in [4.69, 9.17) is 4.98 Å². The highest BCUT2D eigenvalue weighted by Crippen LogP contribution is 2.23. The van der Waals surface area contributed by atoms with Crippen molar-refractivity contribution >= 4 is 27.8 Å². The van der Waals surface area contributed by atoms with E-state index < -0.39 is 0 Å². The molecule has 0 fully saturated rings. The van der Waals surface area contributed by atoms with Crippen molar-refractivity contribution in [3.63, 3.8) is 0 Å². The Bertz CT molecular complexity index is 704. The Morgan fingerprint density at radius 3 is 2.22 bits per heavy atom. The van der Waals surface area contributed by atoms with Crippen molar-refractivity contribution in [3.8, 4) is 0 Å². The van der Waals surface area contributed by atoms with Crippen LogP contribution >= 0.6 is 0 Å². The van der Waals surface area contributed by atoms with E-state index in [1.807, 2.05) is 42.5 Å². The number of nitrogens with zero attached hydrogens (tertiary/aromatic N) is 2. The van der Waals surface area contributed by atoms with Gasteiger partial charge in [0.2, 0.25) is 0 Å². The second-order valence-electron chi connectivity index (χ2n) is 4.68. The molecule has 2 aromatic carbocycles. The Labute approximate surface area is 106 Å². The van der Waals surface area contributed by atoms with Gasteiger partial charge in [0.15, 0.2) is 0 Å². The normalized spacial score (nSPS) is 11.3. The first-order valence-corrected chi connectivity index (χ1v) is 6.16. The first-order valence-electron chi connectivity index (χ1n) is 6.16. The Hall–Kier alpha value is -2.16. The standard InChI is InChI=1S/C15H15N3/c1-10(2)16-13-8-5-9-14-15(13)18-12-7-4-3-6-11(12)17-14/h3-10,16H,1-2H3. The number of hydrogen-bond donors (Lipinski definition) is 1. The van der Waals surface area contributed by atoms with Crippen molar-refractivity contribution in [2.75, 3.05) is 5.32 Å². The molecule has 0 spiro atoms. The first-order chi connectivity index (χ1) is 8.74. The van der Waals surface area contributed by atoms with Gasteiger partial charge in [0.25, 0.3) is 0 Å².